The number of morpholine rings is 1. The van der Waals surface area contributed by atoms with Gasteiger partial charge < -0.3 is 25.4 Å². The van der Waals surface area contributed by atoms with Crippen LogP contribution in [0.1, 0.15) is 22.0 Å². The third kappa shape index (κ3) is 6.93. The number of aromatic nitrogens is 1. The number of carbonyl (C=O) groups excluding carboxylic acids is 1. The van der Waals surface area contributed by atoms with Crippen molar-refractivity contribution in [2.24, 2.45) is 4.99 Å². The summed E-state index contributed by atoms with van der Waals surface area (Å²) >= 11 is 0. The number of rotatable bonds is 9. The van der Waals surface area contributed by atoms with Crippen LogP contribution in [-0.4, -0.2) is 81.8 Å². The Kier molecular flexibility index (Phi) is 9.27. The van der Waals surface area contributed by atoms with Gasteiger partial charge >= 0.3 is 0 Å². The Hall–Kier alpha value is -3.17. The minimum Gasteiger partial charge on any atom is -0.497 e. The third-order valence-corrected chi connectivity index (χ3v) is 5.30. The van der Waals surface area contributed by atoms with E-state index in [-0.39, 0.29) is 11.9 Å². The maximum atomic E-state index is 12.1. The van der Waals surface area contributed by atoms with Crippen LogP contribution in [0, 0.1) is 0 Å². The van der Waals surface area contributed by atoms with Gasteiger partial charge in [0.1, 0.15) is 5.75 Å². The summed E-state index contributed by atoms with van der Waals surface area (Å²) in [6.45, 7) is 4.94. The second kappa shape index (κ2) is 12.6. The summed E-state index contributed by atoms with van der Waals surface area (Å²) in [7, 11) is 3.41. The average molecular weight is 441 g/mol. The number of methoxy groups -OCH3 is 1. The van der Waals surface area contributed by atoms with Gasteiger partial charge in [0.05, 0.1) is 31.9 Å². The molecule has 2 heterocycles. The molecule has 32 heavy (non-hydrogen) atoms. The van der Waals surface area contributed by atoms with Gasteiger partial charge in [-0.15, -0.1) is 0 Å². The lowest BCUT2D eigenvalue weighted by Gasteiger charge is -2.35. The molecule has 0 radical (unpaired) electrons. The smallest absolute Gasteiger partial charge is 0.252 e. The molecule has 9 nitrogen and oxygen atoms in total. The molecule has 1 unspecified atom stereocenters. The van der Waals surface area contributed by atoms with E-state index in [4.69, 9.17) is 9.47 Å². The van der Waals surface area contributed by atoms with Crippen molar-refractivity contribution >= 4 is 11.9 Å². The second-order valence-corrected chi connectivity index (χ2v) is 7.31. The molecule has 3 rings (SSSR count). The van der Waals surface area contributed by atoms with Crippen molar-refractivity contribution in [2.75, 3.05) is 60.1 Å². The summed E-state index contributed by atoms with van der Waals surface area (Å²) < 4.78 is 10.8. The molecule has 9 heteroatoms. The number of hydrogen-bond acceptors (Lipinski definition) is 6. The van der Waals surface area contributed by atoms with Crippen molar-refractivity contribution in [1.82, 2.24) is 25.8 Å². The first kappa shape index (κ1) is 23.5. The van der Waals surface area contributed by atoms with E-state index in [2.05, 4.69) is 43.0 Å². The number of nitrogens with zero attached hydrogens (tertiary/aromatic N) is 3. The highest BCUT2D eigenvalue weighted by atomic mass is 16.5. The number of nitrogens with one attached hydrogen (secondary N) is 3. The molecule has 1 saturated heterocycles. The number of aliphatic imine (C=N–C) groups is 1. The highest BCUT2D eigenvalue weighted by Gasteiger charge is 2.23. The predicted molar refractivity (Wildman–Crippen MR) is 124 cm³/mol. The van der Waals surface area contributed by atoms with E-state index in [1.54, 1.807) is 38.7 Å². The van der Waals surface area contributed by atoms with Gasteiger partial charge in [-0.1, -0.05) is 12.1 Å². The molecule has 2 aromatic rings. The molecular formula is C23H32N6O3. The van der Waals surface area contributed by atoms with Crippen LogP contribution in [0.25, 0.3) is 0 Å². The number of pyridine rings is 1. The zero-order valence-corrected chi connectivity index (χ0v) is 18.7. The largest absolute Gasteiger partial charge is 0.497 e. The van der Waals surface area contributed by atoms with Crippen molar-refractivity contribution in [3.63, 3.8) is 0 Å². The molecule has 1 amide bonds. The minimum atomic E-state index is -0.144. The Labute approximate surface area is 189 Å². The zero-order chi connectivity index (χ0) is 22.6. The summed E-state index contributed by atoms with van der Waals surface area (Å²) in [6.07, 6.45) is 3.19. The second-order valence-electron chi connectivity index (χ2n) is 7.31. The van der Waals surface area contributed by atoms with E-state index in [0.29, 0.717) is 31.2 Å². The summed E-state index contributed by atoms with van der Waals surface area (Å²) in [4.78, 5) is 22.8. The molecule has 1 aliphatic heterocycles. The molecule has 0 aliphatic carbocycles. The third-order valence-electron chi connectivity index (χ3n) is 5.30. The molecule has 1 atom stereocenters. The van der Waals surface area contributed by atoms with Gasteiger partial charge in [-0.2, -0.15) is 0 Å². The molecule has 1 aliphatic rings. The Morgan fingerprint density at radius 1 is 1.16 bits per heavy atom. The highest BCUT2D eigenvalue weighted by Crippen LogP contribution is 2.23. The van der Waals surface area contributed by atoms with E-state index in [9.17, 15) is 4.79 Å². The van der Waals surface area contributed by atoms with Gasteiger partial charge in [0, 0.05) is 52.2 Å². The SMILES string of the molecule is CN=C(NCCNC(=O)c1cccnc1)NCC(c1ccc(OC)cc1)N1CCOCC1. The van der Waals surface area contributed by atoms with Gasteiger partial charge in [-0.25, -0.2) is 0 Å². The number of carbonyl (C=O) groups is 1. The molecule has 1 aromatic heterocycles. The lowest BCUT2D eigenvalue weighted by molar-refractivity contribution is 0.0170. The van der Waals surface area contributed by atoms with E-state index in [1.165, 1.54) is 5.56 Å². The number of ether oxygens (including phenoxy) is 2. The van der Waals surface area contributed by atoms with Crippen molar-refractivity contribution in [1.29, 1.82) is 0 Å². The molecule has 0 bridgehead atoms. The number of benzene rings is 1. The first-order chi connectivity index (χ1) is 15.7. The molecule has 1 aromatic carbocycles. The van der Waals surface area contributed by atoms with Crippen molar-refractivity contribution < 1.29 is 14.3 Å². The van der Waals surface area contributed by atoms with Gasteiger partial charge in [-0.3, -0.25) is 19.7 Å². The standard InChI is InChI=1S/C23H32N6O3/c1-24-23(27-11-10-26-22(30)19-4-3-9-25-16-19)28-17-21(29-12-14-32-15-13-29)18-5-7-20(31-2)8-6-18/h3-9,16,21H,10-15,17H2,1-2H3,(H,26,30)(H2,24,27,28). The van der Waals surface area contributed by atoms with Crippen LogP contribution < -0.4 is 20.7 Å². The normalized spacial score (nSPS) is 15.6. The summed E-state index contributed by atoms with van der Waals surface area (Å²) in [5.41, 5.74) is 1.75. The van der Waals surface area contributed by atoms with E-state index in [0.717, 1.165) is 32.1 Å². The van der Waals surface area contributed by atoms with Crippen LogP contribution in [0.2, 0.25) is 0 Å². The Bertz CT molecular complexity index is 854. The Balaban J connectivity index is 1.51. The summed E-state index contributed by atoms with van der Waals surface area (Å²) in [5, 5.41) is 9.54. The van der Waals surface area contributed by atoms with Gasteiger partial charge in [0.2, 0.25) is 0 Å². The van der Waals surface area contributed by atoms with Crippen LogP contribution in [0.5, 0.6) is 5.75 Å². The Morgan fingerprint density at radius 3 is 2.56 bits per heavy atom. The fourth-order valence-electron chi connectivity index (χ4n) is 3.54. The van der Waals surface area contributed by atoms with Crippen LogP contribution >= 0.6 is 0 Å². The maximum Gasteiger partial charge on any atom is 0.252 e. The van der Waals surface area contributed by atoms with Crippen molar-refractivity contribution in [3.8, 4) is 5.75 Å². The van der Waals surface area contributed by atoms with E-state index in [1.807, 2.05) is 12.1 Å². The fourth-order valence-corrected chi connectivity index (χ4v) is 3.54. The average Bonchev–Trinajstić information content (AvgIpc) is 2.86. The summed E-state index contributed by atoms with van der Waals surface area (Å²) in [5.74, 6) is 1.38. The van der Waals surface area contributed by atoms with Gasteiger partial charge in [0.15, 0.2) is 5.96 Å². The van der Waals surface area contributed by atoms with Crippen LogP contribution in [0.15, 0.2) is 53.8 Å². The molecule has 3 N–H and O–H groups in total. The number of guanidine groups is 1. The zero-order valence-electron chi connectivity index (χ0n) is 18.7. The predicted octanol–water partition coefficient (Wildman–Crippen LogP) is 1.06. The van der Waals surface area contributed by atoms with E-state index < -0.39 is 0 Å². The first-order valence-corrected chi connectivity index (χ1v) is 10.8. The van der Waals surface area contributed by atoms with Crippen LogP contribution in [-0.2, 0) is 4.74 Å². The first-order valence-electron chi connectivity index (χ1n) is 10.8. The summed E-state index contributed by atoms with van der Waals surface area (Å²) in [6, 6.07) is 11.8. The minimum absolute atomic E-state index is 0.144. The van der Waals surface area contributed by atoms with Crippen LogP contribution in [0.4, 0.5) is 0 Å². The fraction of sp³-hybridized carbons (Fsp3) is 0.435. The lowest BCUT2D eigenvalue weighted by atomic mass is 10.0. The number of hydrogen-bond donors (Lipinski definition) is 3. The van der Waals surface area contributed by atoms with Gasteiger partial charge in [0.25, 0.3) is 5.91 Å². The van der Waals surface area contributed by atoms with Crippen LogP contribution in [0.3, 0.4) is 0 Å². The lowest BCUT2D eigenvalue weighted by Crippen LogP contribution is -2.47. The monoisotopic (exact) mass is 440 g/mol. The van der Waals surface area contributed by atoms with E-state index >= 15 is 0 Å². The molecule has 0 spiro atoms. The van der Waals surface area contributed by atoms with Gasteiger partial charge in [-0.05, 0) is 29.8 Å². The molecule has 172 valence electrons. The Morgan fingerprint density at radius 2 is 1.91 bits per heavy atom. The number of amides is 1. The highest BCUT2D eigenvalue weighted by molar-refractivity contribution is 5.93. The molecule has 0 saturated carbocycles. The molecular weight excluding hydrogens is 408 g/mol. The maximum absolute atomic E-state index is 12.1. The topological polar surface area (TPSA) is 100 Å². The quantitative estimate of drug-likeness (QED) is 0.305. The van der Waals surface area contributed by atoms with Crippen molar-refractivity contribution in [3.05, 3.63) is 59.9 Å². The molecule has 1 fully saturated rings. The van der Waals surface area contributed by atoms with Crippen molar-refractivity contribution in [2.45, 2.75) is 6.04 Å².